The smallest absolute Gasteiger partial charge is 0.472 e. The van der Waals surface area contributed by atoms with Gasteiger partial charge < -0.3 is 25.2 Å². The Kier molecular flexibility index (Phi) is 35.0. The van der Waals surface area contributed by atoms with Crippen molar-refractivity contribution in [1.82, 2.24) is 0 Å². The number of carbonyl (C=O) groups excluding carboxylic acids is 2. The molecule has 4 N–H and O–H groups in total. The van der Waals surface area contributed by atoms with Crippen LogP contribution in [-0.2, 0) is 37.5 Å². The van der Waals surface area contributed by atoms with Gasteiger partial charge in [-0.2, -0.15) is 0 Å². The molecule has 0 aliphatic rings. The molecule has 0 heterocycles. The van der Waals surface area contributed by atoms with Crippen LogP contribution in [-0.4, -0.2) is 59.9 Å². The first-order chi connectivity index (χ1) is 25.1. The average Bonchev–Trinajstić information content (AvgIpc) is 3.12. The van der Waals surface area contributed by atoms with E-state index in [-0.39, 0.29) is 19.4 Å². The summed E-state index contributed by atoms with van der Waals surface area (Å²) >= 11 is 0. The summed E-state index contributed by atoms with van der Waals surface area (Å²) in [5.74, 6) is -2.38. The summed E-state index contributed by atoms with van der Waals surface area (Å²) in [5, 5.41) is 8.87. The second kappa shape index (κ2) is 36.2. The van der Waals surface area contributed by atoms with E-state index in [1.807, 2.05) is 0 Å². The lowest BCUT2D eigenvalue weighted by Crippen LogP contribution is -2.34. The molecular formula is C40H76NO10P. The van der Waals surface area contributed by atoms with E-state index in [1.54, 1.807) is 0 Å². The quantitative estimate of drug-likeness (QED) is 0.0235. The van der Waals surface area contributed by atoms with Crippen LogP contribution in [0.5, 0.6) is 0 Å². The van der Waals surface area contributed by atoms with Crippen LogP contribution in [0, 0.1) is 0 Å². The summed E-state index contributed by atoms with van der Waals surface area (Å²) in [7, 11) is -4.71. The lowest BCUT2D eigenvalue weighted by Gasteiger charge is -2.20. The van der Waals surface area contributed by atoms with Crippen molar-refractivity contribution in [2.24, 2.45) is 5.73 Å². The number of carboxylic acid groups (broad SMARTS) is 1. The number of nitrogens with two attached hydrogens (primary N) is 1. The number of aliphatic carboxylic acids is 1. The zero-order chi connectivity index (χ0) is 38.5. The highest BCUT2D eigenvalue weighted by Crippen LogP contribution is 2.43. The number of phosphoric ester groups is 1. The standard InChI is InChI=1S/C40H76NO10P/c1-3-5-7-9-11-13-15-17-18-20-22-24-26-28-30-32-39(43)51-36(34-49-52(46,47)50-35-37(41)40(44)45)33-48-38(42)31-29-27-25-23-21-19-16-14-12-10-8-6-4-2/h17-18,36-37H,3-16,19-35,41H2,1-2H3,(H,44,45)(H,46,47)/b18-17-. The van der Waals surface area contributed by atoms with Gasteiger partial charge in [0.05, 0.1) is 13.2 Å². The molecule has 3 atom stereocenters. The van der Waals surface area contributed by atoms with Crippen molar-refractivity contribution >= 4 is 25.7 Å². The van der Waals surface area contributed by atoms with Crippen molar-refractivity contribution < 1.29 is 47.5 Å². The van der Waals surface area contributed by atoms with Crippen LogP contribution < -0.4 is 5.73 Å². The minimum Gasteiger partial charge on any atom is -0.480 e. The highest BCUT2D eigenvalue weighted by Gasteiger charge is 2.28. The molecule has 3 unspecified atom stereocenters. The highest BCUT2D eigenvalue weighted by atomic mass is 31.2. The lowest BCUT2D eigenvalue weighted by molar-refractivity contribution is -0.161. The molecule has 11 nitrogen and oxygen atoms in total. The van der Waals surface area contributed by atoms with Crippen LogP contribution in [0.15, 0.2) is 12.2 Å². The molecule has 12 heteroatoms. The molecule has 0 aliphatic heterocycles. The van der Waals surface area contributed by atoms with E-state index in [2.05, 4.69) is 30.5 Å². The van der Waals surface area contributed by atoms with Crippen LogP contribution in [0.25, 0.3) is 0 Å². The summed E-state index contributed by atoms with van der Waals surface area (Å²) in [6.07, 6.45) is 34.2. The second-order valence-electron chi connectivity index (χ2n) is 14.1. The van der Waals surface area contributed by atoms with Gasteiger partial charge in [0.15, 0.2) is 6.10 Å². The molecule has 0 radical (unpaired) electrons. The van der Waals surface area contributed by atoms with E-state index in [0.29, 0.717) is 12.8 Å². The Morgan fingerprint density at radius 3 is 1.40 bits per heavy atom. The number of hydrogen-bond donors (Lipinski definition) is 3. The van der Waals surface area contributed by atoms with Gasteiger partial charge in [-0.1, -0.05) is 154 Å². The number of hydrogen-bond acceptors (Lipinski definition) is 9. The third-order valence-electron chi connectivity index (χ3n) is 9.01. The van der Waals surface area contributed by atoms with E-state index in [0.717, 1.165) is 57.8 Å². The fraction of sp³-hybridized carbons (Fsp3) is 0.875. The molecule has 0 aliphatic carbocycles. The first-order valence-electron chi connectivity index (χ1n) is 20.7. The molecule has 0 saturated carbocycles. The lowest BCUT2D eigenvalue weighted by atomic mass is 10.0. The van der Waals surface area contributed by atoms with Crippen LogP contribution in [0.4, 0.5) is 0 Å². The number of esters is 2. The van der Waals surface area contributed by atoms with Crippen molar-refractivity contribution in [3.8, 4) is 0 Å². The highest BCUT2D eigenvalue weighted by molar-refractivity contribution is 7.47. The maximum atomic E-state index is 12.6. The molecule has 0 fully saturated rings. The number of carbonyl (C=O) groups is 3. The van der Waals surface area contributed by atoms with E-state index in [1.165, 1.54) is 96.3 Å². The van der Waals surface area contributed by atoms with Gasteiger partial charge in [-0.15, -0.1) is 0 Å². The fourth-order valence-electron chi connectivity index (χ4n) is 5.71. The summed E-state index contributed by atoms with van der Waals surface area (Å²) in [4.78, 5) is 45.8. The SMILES string of the molecule is CCCCCCCC/C=C\CCCCCCCC(=O)OC(COC(=O)CCCCCCCCCCCCCCC)COP(=O)(O)OCC(N)C(=O)O. The average molecular weight is 762 g/mol. The van der Waals surface area contributed by atoms with Crippen molar-refractivity contribution in [2.45, 2.75) is 206 Å². The van der Waals surface area contributed by atoms with Gasteiger partial charge >= 0.3 is 25.7 Å². The molecule has 306 valence electrons. The summed E-state index contributed by atoms with van der Waals surface area (Å²) in [6.45, 7) is 2.79. The maximum Gasteiger partial charge on any atom is 0.472 e. The molecule has 0 bridgehead atoms. The summed E-state index contributed by atoms with van der Waals surface area (Å²) in [6, 6.07) is -1.52. The Morgan fingerprint density at radius 2 is 0.962 bits per heavy atom. The van der Waals surface area contributed by atoms with Crippen LogP contribution in [0.3, 0.4) is 0 Å². The van der Waals surface area contributed by atoms with E-state index in [9.17, 15) is 23.8 Å². The zero-order valence-corrected chi connectivity index (χ0v) is 33.8. The van der Waals surface area contributed by atoms with Gasteiger partial charge in [0.25, 0.3) is 0 Å². The molecule has 0 aromatic rings. The van der Waals surface area contributed by atoms with Gasteiger partial charge in [-0.05, 0) is 38.5 Å². The summed E-state index contributed by atoms with van der Waals surface area (Å²) < 4.78 is 32.6. The van der Waals surface area contributed by atoms with Gasteiger partial charge in [-0.25, -0.2) is 4.57 Å². The first-order valence-corrected chi connectivity index (χ1v) is 22.2. The number of allylic oxidation sites excluding steroid dienone is 2. The van der Waals surface area contributed by atoms with Crippen molar-refractivity contribution in [2.75, 3.05) is 19.8 Å². The number of ether oxygens (including phenoxy) is 2. The third-order valence-corrected chi connectivity index (χ3v) is 9.96. The Labute approximate surface area is 316 Å². The normalized spacial score (nSPS) is 13.9. The van der Waals surface area contributed by atoms with Crippen LogP contribution in [0.1, 0.15) is 194 Å². The summed E-state index contributed by atoms with van der Waals surface area (Å²) in [5.41, 5.74) is 5.32. The van der Waals surface area contributed by atoms with Crippen molar-refractivity contribution in [1.29, 1.82) is 0 Å². The molecule has 0 amide bonds. The number of unbranched alkanes of at least 4 members (excludes halogenated alkanes) is 23. The molecular weight excluding hydrogens is 685 g/mol. The number of rotatable bonds is 39. The molecule has 0 aromatic heterocycles. The minimum absolute atomic E-state index is 0.155. The van der Waals surface area contributed by atoms with E-state index in [4.69, 9.17) is 24.8 Å². The third kappa shape index (κ3) is 35.3. The monoisotopic (exact) mass is 762 g/mol. The van der Waals surface area contributed by atoms with Crippen LogP contribution in [0.2, 0.25) is 0 Å². The number of phosphoric acid groups is 1. The molecule has 0 saturated heterocycles. The van der Waals surface area contributed by atoms with Gasteiger partial charge in [0, 0.05) is 12.8 Å². The maximum absolute atomic E-state index is 12.6. The molecule has 0 rings (SSSR count). The van der Waals surface area contributed by atoms with E-state index < -0.39 is 51.1 Å². The predicted octanol–water partition coefficient (Wildman–Crippen LogP) is 10.5. The van der Waals surface area contributed by atoms with E-state index >= 15 is 0 Å². The molecule has 0 aromatic carbocycles. The topological polar surface area (TPSA) is 172 Å². The van der Waals surface area contributed by atoms with Gasteiger partial charge in [-0.3, -0.25) is 23.4 Å². The first kappa shape index (κ1) is 50.2. The Bertz CT molecular complexity index is 947. The Morgan fingerprint density at radius 1 is 0.577 bits per heavy atom. The second-order valence-corrected chi connectivity index (χ2v) is 15.6. The zero-order valence-electron chi connectivity index (χ0n) is 32.9. The van der Waals surface area contributed by atoms with Gasteiger partial charge in [0.1, 0.15) is 12.6 Å². The largest absolute Gasteiger partial charge is 0.480 e. The van der Waals surface area contributed by atoms with Crippen molar-refractivity contribution in [3.05, 3.63) is 12.2 Å². The number of carboxylic acids is 1. The molecule has 0 spiro atoms. The fourth-order valence-corrected chi connectivity index (χ4v) is 6.48. The van der Waals surface area contributed by atoms with Crippen LogP contribution >= 0.6 is 7.82 Å². The Balaban J connectivity index is 4.39. The predicted molar refractivity (Wildman–Crippen MR) is 208 cm³/mol. The Hall–Kier alpha value is -1.78. The van der Waals surface area contributed by atoms with Gasteiger partial charge in [0.2, 0.25) is 0 Å². The molecule has 52 heavy (non-hydrogen) atoms. The van der Waals surface area contributed by atoms with Crippen molar-refractivity contribution in [3.63, 3.8) is 0 Å². The minimum atomic E-state index is -4.71.